The first-order chi connectivity index (χ1) is 4.85. The van der Waals surface area contributed by atoms with Crippen molar-refractivity contribution in [2.75, 3.05) is 26.2 Å². The summed E-state index contributed by atoms with van der Waals surface area (Å²) in [6.07, 6.45) is 2.53. The van der Waals surface area contributed by atoms with Crippen LogP contribution < -0.4 is 5.73 Å². The van der Waals surface area contributed by atoms with Crippen LogP contribution in [0.1, 0.15) is 26.7 Å². The molecule has 62 valence electrons. The Hall–Kier alpha value is -0.0800. The summed E-state index contributed by atoms with van der Waals surface area (Å²) in [6.45, 7) is 9.14. The predicted molar refractivity (Wildman–Crippen MR) is 44.8 cm³/mol. The summed E-state index contributed by atoms with van der Waals surface area (Å²) in [5.74, 6) is 0. The Balaban J connectivity index is 3.30. The molecule has 3 N–H and O–H groups in total. The monoisotopic (exact) mass is 145 g/mol. The molecule has 0 saturated heterocycles. The van der Waals surface area contributed by atoms with Crippen molar-refractivity contribution >= 4 is 0 Å². The predicted octanol–water partition coefficient (Wildman–Crippen LogP) is 0.350. The van der Waals surface area contributed by atoms with Crippen molar-refractivity contribution in [3.05, 3.63) is 0 Å². The molecule has 0 fully saturated rings. The Kier molecular flexibility index (Phi) is 6.98. The van der Waals surface area contributed by atoms with Crippen molar-refractivity contribution in [2.45, 2.75) is 26.7 Å². The van der Waals surface area contributed by atoms with E-state index < -0.39 is 0 Å². The highest BCUT2D eigenvalue weighted by molar-refractivity contribution is 4.53. The van der Waals surface area contributed by atoms with Crippen molar-refractivity contribution in [2.24, 2.45) is 0 Å². The lowest BCUT2D eigenvalue weighted by Crippen LogP contribution is -2.55. The van der Waals surface area contributed by atoms with E-state index in [4.69, 9.17) is 0 Å². The normalized spacial score (nSPS) is 10.8. The van der Waals surface area contributed by atoms with Gasteiger partial charge in [-0.3, -0.25) is 4.90 Å². The van der Waals surface area contributed by atoms with Crippen molar-refractivity contribution in [3.8, 4) is 0 Å². The van der Waals surface area contributed by atoms with Gasteiger partial charge in [0, 0.05) is 6.54 Å². The maximum Gasteiger partial charge on any atom is 0.0869 e. The second-order valence-corrected chi connectivity index (χ2v) is 2.70. The smallest absolute Gasteiger partial charge is 0.0869 e. The van der Waals surface area contributed by atoms with Gasteiger partial charge in [-0.2, -0.15) is 0 Å². The summed E-state index contributed by atoms with van der Waals surface area (Å²) in [6, 6.07) is 0. The maximum absolute atomic E-state index is 3.85. The van der Waals surface area contributed by atoms with Crippen molar-refractivity contribution in [3.63, 3.8) is 0 Å². The van der Waals surface area contributed by atoms with Gasteiger partial charge in [0.2, 0.25) is 0 Å². The van der Waals surface area contributed by atoms with Crippen LogP contribution in [0.4, 0.5) is 0 Å². The van der Waals surface area contributed by atoms with E-state index in [2.05, 4.69) is 24.5 Å². The summed E-state index contributed by atoms with van der Waals surface area (Å²) in [7, 11) is 0. The molecule has 0 aliphatic carbocycles. The summed E-state index contributed by atoms with van der Waals surface area (Å²) in [5, 5.41) is 0. The van der Waals surface area contributed by atoms with Crippen molar-refractivity contribution in [1.82, 2.24) is 4.90 Å². The molecule has 0 spiro atoms. The van der Waals surface area contributed by atoms with E-state index in [1.54, 1.807) is 0 Å². The highest BCUT2D eigenvalue weighted by Gasteiger charge is 1.99. The van der Waals surface area contributed by atoms with Crippen LogP contribution in [0.25, 0.3) is 0 Å². The Morgan fingerprint density at radius 3 is 1.80 bits per heavy atom. The fraction of sp³-hybridized carbons (Fsp3) is 1.00. The molecule has 2 nitrogen and oxygen atoms in total. The van der Waals surface area contributed by atoms with E-state index in [-0.39, 0.29) is 0 Å². The zero-order valence-corrected chi connectivity index (χ0v) is 7.40. The largest absolute Gasteiger partial charge is 0.357 e. The fourth-order valence-corrected chi connectivity index (χ4v) is 1.19. The Morgan fingerprint density at radius 1 is 1.00 bits per heavy atom. The zero-order valence-electron chi connectivity index (χ0n) is 7.40. The third-order valence-corrected chi connectivity index (χ3v) is 1.55. The third-order valence-electron chi connectivity index (χ3n) is 1.55. The molecule has 0 unspecified atom stereocenters. The van der Waals surface area contributed by atoms with Crippen LogP contribution in [-0.2, 0) is 0 Å². The number of hydrogen-bond acceptors (Lipinski definition) is 1. The average molecular weight is 145 g/mol. The summed E-state index contributed by atoms with van der Waals surface area (Å²) in [5.41, 5.74) is 3.85. The number of nitrogens with zero attached hydrogens (tertiary/aromatic N) is 1. The van der Waals surface area contributed by atoms with Crippen molar-refractivity contribution in [1.29, 1.82) is 0 Å². The lowest BCUT2D eigenvalue weighted by molar-refractivity contribution is -0.368. The minimum atomic E-state index is 1.04. The lowest BCUT2D eigenvalue weighted by Gasteiger charge is -2.18. The molecule has 0 radical (unpaired) electrons. The van der Waals surface area contributed by atoms with E-state index in [1.807, 2.05) is 0 Å². The van der Waals surface area contributed by atoms with E-state index in [0.717, 1.165) is 6.54 Å². The van der Waals surface area contributed by atoms with Gasteiger partial charge in [0.25, 0.3) is 0 Å². The maximum atomic E-state index is 3.85. The standard InChI is InChI=1S/C8H20N2/c1-3-6-10(7-4-2)8-5-9/h3-9H2,1-2H3/p+1. The third kappa shape index (κ3) is 4.77. The Labute approximate surface area is 64.4 Å². The van der Waals surface area contributed by atoms with Gasteiger partial charge in [-0.15, -0.1) is 0 Å². The molecule has 0 atom stereocenters. The van der Waals surface area contributed by atoms with Gasteiger partial charge in [0.05, 0.1) is 6.54 Å². The molecule has 0 rings (SSSR count). The first-order valence-corrected chi connectivity index (χ1v) is 4.36. The number of hydrogen-bond donors (Lipinski definition) is 1. The highest BCUT2D eigenvalue weighted by atomic mass is 15.1. The summed E-state index contributed by atoms with van der Waals surface area (Å²) < 4.78 is 0. The van der Waals surface area contributed by atoms with Crippen LogP contribution in [0, 0.1) is 0 Å². The van der Waals surface area contributed by atoms with Gasteiger partial charge in [0.15, 0.2) is 0 Å². The molecule has 0 aromatic rings. The van der Waals surface area contributed by atoms with Crippen LogP contribution in [0.5, 0.6) is 0 Å². The zero-order chi connectivity index (χ0) is 7.82. The SMILES string of the molecule is CCCN(CCC)CC[NH3+]. The van der Waals surface area contributed by atoms with Crippen molar-refractivity contribution < 1.29 is 5.73 Å². The number of rotatable bonds is 6. The quantitative estimate of drug-likeness (QED) is 0.574. The number of quaternary nitrogens is 1. The fourth-order valence-electron chi connectivity index (χ4n) is 1.19. The minimum Gasteiger partial charge on any atom is -0.357 e. The molecular formula is C8H21N2+. The van der Waals surface area contributed by atoms with Gasteiger partial charge >= 0.3 is 0 Å². The molecule has 2 heteroatoms. The van der Waals surface area contributed by atoms with Gasteiger partial charge in [-0.25, -0.2) is 0 Å². The second kappa shape index (κ2) is 7.03. The van der Waals surface area contributed by atoms with Crippen LogP contribution in [0.15, 0.2) is 0 Å². The first kappa shape index (κ1) is 9.92. The average Bonchev–Trinajstić information content (AvgIpc) is 1.90. The molecule has 0 bridgehead atoms. The van der Waals surface area contributed by atoms with Gasteiger partial charge in [-0.05, 0) is 25.9 Å². The lowest BCUT2D eigenvalue weighted by atomic mass is 10.3. The molecule has 0 saturated carbocycles. The van der Waals surface area contributed by atoms with E-state index in [0.29, 0.717) is 0 Å². The molecule has 0 aliphatic rings. The molecule has 10 heavy (non-hydrogen) atoms. The van der Waals surface area contributed by atoms with Crippen LogP contribution >= 0.6 is 0 Å². The Bertz CT molecular complexity index is 50.0. The van der Waals surface area contributed by atoms with Crippen LogP contribution in [0.2, 0.25) is 0 Å². The molecular weight excluding hydrogens is 124 g/mol. The minimum absolute atomic E-state index is 1.04. The molecule has 0 aromatic heterocycles. The molecule has 0 aromatic carbocycles. The topological polar surface area (TPSA) is 30.9 Å². The highest BCUT2D eigenvalue weighted by Crippen LogP contribution is 1.91. The van der Waals surface area contributed by atoms with E-state index in [1.165, 1.54) is 32.5 Å². The van der Waals surface area contributed by atoms with Gasteiger partial charge in [-0.1, -0.05) is 13.8 Å². The van der Waals surface area contributed by atoms with Crippen LogP contribution in [0.3, 0.4) is 0 Å². The van der Waals surface area contributed by atoms with Gasteiger partial charge < -0.3 is 5.73 Å². The molecule has 0 aliphatic heterocycles. The molecule has 0 heterocycles. The molecule has 0 amide bonds. The summed E-state index contributed by atoms with van der Waals surface area (Å²) >= 11 is 0. The van der Waals surface area contributed by atoms with Gasteiger partial charge in [0.1, 0.15) is 0 Å². The van der Waals surface area contributed by atoms with Crippen LogP contribution in [-0.4, -0.2) is 31.1 Å². The Morgan fingerprint density at radius 2 is 1.50 bits per heavy atom. The second-order valence-electron chi connectivity index (χ2n) is 2.70. The van der Waals surface area contributed by atoms with E-state index in [9.17, 15) is 0 Å². The van der Waals surface area contributed by atoms with E-state index >= 15 is 0 Å². The first-order valence-electron chi connectivity index (χ1n) is 4.36. The summed E-state index contributed by atoms with van der Waals surface area (Å²) in [4.78, 5) is 2.48.